The van der Waals surface area contributed by atoms with Gasteiger partial charge in [-0.05, 0) is 49.4 Å². The molecular weight excluding hydrogens is 404 g/mol. The van der Waals surface area contributed by atoms with Gasteiger partial charge in [0.05, 0.1) is 25.5 Å². The van der Waals surface area contributed by atoms with Crippen molar-refractivity contribution in [3.05, 3.63) is 90.1 Å². The minimum absolute atomic E-state index is 0.215. The Hall–Kier alpha value is -4.06. The van der Waals surface area contributed by atoms with Gasteiger partial charge in [-0.15, -0.1) is 0 Å². The highest BCUT2D eigenvalue weighted by molar-refractivity contribution is 6.00. The van der Waals surface area contributed by atoms with Gasteiger partial charge in [-0.25, -0.2) is 4.98 Å². The van der Waals surface area contributed by atoms with Crippen molar-refractivity contribution in [1.82, 2.24) is 10.3 Å². The molecule has 0 unspecified atom stereocenters. The lowest BCUT2D eigenvalue weighted by Crippen LogP contribution is -2.23. The predicted molar refractivity (Wildman–Crippen MR) is 123 cm³/mol. The van der Waals surface area contributed by atoms with E-state index in [0.29, 0.717) is 35.9 Å². The van der Waals surface area contributed by atoms with Gasteiger partial charge < -0.3 is 19.2 Å². The summed E-state index contributed by atoms with van der Waals surface area (Å²) in [5.74, 6) is 2.32. The standard InChI is InChI=1S/C26H24N2O4/c1-3-31-20-14-12-18(13-15-20)24-17-28-26(32-24)22-10-6-5-9-21(22)25(29)27-16-19-8-4-7-11-23(19)30-2/h4-15,17H,3,16H2,1-2H3,(H,27,29). The quantitative estimate of drug-likeness (QED) is 0.410. The number of amides is 1. The molecule has 6 heteroatoms. The number of oxazole rings is 1. The molecule has 4 aromatic rings. The van der Waals surface area contributed by atoms with E-state index in [1.807, 2.05) is 73.7 Å². The highest BCUT2D eigenvalue weighted by Crippen LogP contribution is 2.29. The van der Waals surface area contributed by atoms with Gasteiger partial charge in [0, 0.05) is 23.2 Å². The Kier molecular flexibility index (Phi) is 6.51. The maximum absolute atomic E-state index is 13.0. The van der Waals surface area contributed by atoms with Crippen molar-refractivity contribution in [3.63, 3.8) is 0 Å². The Labute approximate surface area is 186 Å². The zero-order valence-corrected chi connectivity index (χ0v) is 18.0. The number of hydrogen-bond acceptors (Lipinski definition) is 5. The number of ether oxygens (including phenoxy) is 2. The van der Waals surface area contributed by atoms with Crippen LogP contribution in [0.1, 0.15) is 22.8 Å². The molecule has 0 radical (unpaired) electrons. The molecule has 0 saturated heterocycles. The van der Waals surface area contributed by atoms with Crippen molar-refractivity contribution in [3.8, 4) is 34.3 Å². The fourth-order valence-corrected chi connectivity index (χ4v) is 3.40. The second kappa shape index (κ2) is 9.83. The fraction of sp³-hybridized carbons (Fsp3) is 0.154. The van der Waals surface area contributed by atoms with Crippen LogP contribution in [0.4, 0.5) is 0 Å². The van der Waals surface area contributed by atoms with Crippen LogP contribution in [0.2, 0.25) is 0 Å². The van der Waals surface area contributed by atoms with E-state index in [-0.39, 0.29) is 5.91 Å². The van der Waals surface area contributed by atoms with E-state index >= 15 is 0 Å². The van der Waals surface area contributed by atoms with Crippen LogP contribution in [0.3, 0.4) is 0 Å². The lowest BCUT2D eigenvalue weighted by Gasteiger charge is -2.11. The normalized spacial score (nSPS) is 10.6. The van der Waals surface area contributed by atoms with Gasteiger partial charge in [0.1, 0.15) is 11.5 Å². The molecule has 0 aliphatic carbocycles. The van der Waals surface area contributed by atoms with Gasteiger partial charge in [-0.3, -0.25) is 4.79 Å². The third-order valence-corrected chi connectivity index (χ3v) is 4.99. The zero-order valence-electron chi connectivity index (χ0n) is 18.0. The minimum Gasteiger partial charge on any atom is -0.496 e. The number of nitrogens with one attached hydrogen (secondary N) is 1. The smallest absolute Gasteiger partial charge is 0.252 e. The van der Waals surface area contributed by atoms with E-state index in [1.54, 1.807) is 19.4 Å². The summed E-state index contributed by atoms with van der Waals surface area (Å²) in [7, 11) is 1.61. The average molecular weight is 428 g/mol. The van der Waals surface area contributed by atoms with Crippen LogP contribution in [-0.2, 0) is 6.54 Å². The van der Waals surface area contributed by atoms with Crippen LogP contribution in [0.25, 0.3) is 22.8 Å². The maximum Gasteiger partial charge on any atom is 0.252 e. The van der Waals surface area contributed by atoms with Crippen molar-refractivity contribution < 1.29 is 18.7 Å². The van der Waals surface area contributed by atoms with Crippen LogP contribution < -0.4 is 14.8 Å². The van der Waals surface area contributed by atoms with Crippen LogP contribution in [-0.4, -0.2) is 24.6 Å². The van der Waals surface area contributed by atoms with E-state index in [4.69, 9.17) is 13.9 Å². The Balaban J connectivity index is 1.54. The topological polar surface area (TPSA) is 73.6 Å². The molecule has 1 heterocycles. The first-order valence-electron chi connectivity index (χ1n) is 10.4. The van der Waals surface area contributed by atoms with Crippen molar-refractivity contribution in [2.75, 3.05) is 13.7 Å². The Morgan fingerprint density at radius 3 is 2.53 bits per heavy atom. The summed E-state index contributed by atoms with van der Waals surface area (Å²) in [6.45, 7) is 2.91. The molecule has 0 aliphatic heterocycles. The van der Waals surface area contributed by atoms with E-state index in [0.717, 1.165) is 22.6 Å². The number of rotatable bonds is 8. The van der Waals surface area contributed by atoms with Crippen LogP contribution in [0, 0.1) is 0 Å². The van der Waals surface area contributed by atoms with Crippen LogP contribution in [0.5, 0.6) is 11.5 Å². The third-order valence-electron chi connectivity index (χ3n) is 4.99. The van der Waals surface area contributed by atoms with Gasteiger partial charge in [-0.2, -0.15) is 0 Å². The number of methoxy groups -OCH3 is 1. The highest BCUT2D eigenvalue weighted by Gasteiger charge is 2.17. The summed E-state index contributed by atoms with van der Waals surface area (Å²) in [6.07, 6.45) is 1.66. The molecule has 3 aromatic carbocycles. The van der Waals surface area contributed by atoms with Crippen molar-refractivity contribution in [1.29, 1.82) is 0 Å². The molecule has 0 spiro atoms. The van der Waals surface area contributed by atoms with Crippen molar-refractivity contribution >= 4 is 5.91 Å². The molecule has 32 heavy (non-hydrogen) atoms. The highest BCUT2D eigenvalue weighted by atomic mass is 16.5. The van der Waals surface area contributed by atoms with Gasteiger partial charge in [0.2, 0.25) is 5.89 Å². The molecule has 0 saturated carbocycles. The number of hydrogen-bond donors (Lipinski definition) is 1. The number of carbonyl (C=O) groups excluding carboxylic acids is 1. The molecule has 0 fully saturated rings. The monoisotopic (exact) mass is 428 g/mol. The first kappa shape index (κ1) is 21.2. The summed E-state index contributed by atoms with van der Waals surface area (Å²) < 4.78 is 16.8. The molecule has 4 rings (SSSR count). The lowest BCUT2D eigenvalue weighted by molar-refractivity contribution is 0.0951. The van der Waals surface area contributed by atoms with E-state index in [1.165, 1.54) is 0 Å². The molecule has 0 aliphatic rings. The lowest BCUT2D eigenvalue weighted by atomic mass is 10.1. The van der Waals surface area contributed by atoms with Crippen LogP contribution >= 0.6 is 0 Å². The maximum atomic E-state index is 13.0. The molecule has 1 aromatic heterocycles. The summed E-state index contributed by atoms with van der Waals surface area (Å²) in [5, 5.41) is 2.95. The minimum atomic E-state index is -0.215. The Bertz CT molecular complexity index is 1200. The van der Waals surface area contributed by atoms with Gasteiger partial charge in [0.15, 0.2) is 5.76 Å². The van der Waals surface area contributed by atoms with Gasteiger partial charge >= 0.3 is 0 Å². The SMILES string of the molecule is CCOc1ccc(-c2cnc(-c3ccccc3C(=O)NCc3ccccc3OC)o2)cc1. The Morgan fingerprint density at radius 1 is 1.00 bits per heavy atom. The fourth-order valence-electron chi connectivity index (χ4n) is 3.40. The molecule has 0 bridgehead atoms. The second-order valence-electron chi connectivity index (χ2n) is 7.03. The molecule has 1 N–H and O–H groups in total. The first-order valence-corrected chi connectivity index (χ1v) is 10.4. The zero-order chi connectivity index (χ0) is 22.3. The first-order chi connectivity index (χ1) is 15.7. The summed E-state index contributed by atoms with van der Waals surface area (Å²) in [6, 6.07) is 22.5. The van der Waals surface area contributed by atoms with Crippen molar-refractivity contribution in [2.45, 2.75) is 13.5 Å². The number of nitrogens with zero attached hydrogens (tertiary/aromatic N) is 1. The van der Waals surface area contributed by atoms with E-state index in [2.05, 4.69) is 10.3 Å². The van der Waals surface area contributed by atoms with E-state index in [9.17, 15) is 4.79 Å². The predicted octanol–water partition coefficient (Wildman–Crippen LogP) is 5.35. The van der Waals surface area contributed by atoms with Gasteiger partial charge in [0.25, 0.3) is 5.91 Å². The second-order valence-corrected chi connectivity index (χ2v) is 7.03. The molecule has 162 valence electrons. The Morgan fingerprint density at radius 2 is 1.75 bits per heavy atom. The summed E-state index contributed by atoms with van der Waals surface area (Å²) >= 11 is 0. The van der Waals surface area contributed by atoms with E-state index < -0.39 is 0 Å². The number of para-hydroxylation sites is 1. The average Bonchev–Trinajstić information content (AvgIpc) is 3.33. The largest absolute Gasteiger partial charge is 0.496 e. The third kappa shape index (κ3) is 4.64. The summed E-state index contributed by atoms with van der Waals surface area (Å²) in [4.78, 5) is 17.4. The molecule has 1 amide bonds. The molecular formula is C26H24N2O4. The summed E-state index contributed by atoms with van der Waals surface area (Å²) in [5.41, 5.74) is 2.89. The number of carbonyl (C=O) groups is 1. The molecule has 0 atom stereocenters. The number of aromatic nitrogens is 1. The van der Waals surface area contributed by atoms with Crippen molar-refractivity contribution in [2.24, 2.45) is 0 Å². The number of benzene rings is 3. The van der Waals surface area contributed by atoms with Crippen LogP contribution in [0.15, 0.2) is 83.4 Å². The van der Waals surface area contributed by atoms with Gasteiger partial charge in [-0.1, -0.05) is 30.3 Å². The molecule has 6 nitrogen and oxygen atoms in total.